The monoisotopic (exact) mass is 302 g/mol. The van der Waals surface area contributed by atoms with Gasteiger partial charge in [-0.05, 0) is 6.92 Å². The first-order valence-corrected chi connectivity index (χ1v) is 9.53. The van der Waals surface area contributed by atoms with Gasteiger partial charge in [0.1, 0.15) is 8.07 Å². The highest BCUT2D eigenvalue weighted by molar-refractivity contribution is 6.83. The van der Waals surface area contributed by atoms with Gasteiger partial charge in [0.25, 0.3) is 0 Å². The van der Waals surface area contributed by atoms with Gasteiger partial charge in [0.15, 0.2) is 5.92 Å². The zero-order valence-corrected chi connectivity index (χ0v) is 12.9. The van der Waals surface area contributed by atoms with E-state index in [4.69, 9.17) is 0 Å². The van der Waals surface area contributed by atoms with Crippen molar-refractivity contribution >= 4 is 14.0 Å². The minimum atomic E-state index is -1.86. The molecule has 0 aliphatic carbocycles. The van der Waals surface area contributed by atoms with Crippen LogP contribution in [0, 0.1) is 37.6 Å². The van der Waals surface area contributed by atoms with Crippen molar-refractivity contribution in [1.29, 1.82) is 0 Å². The van der Waals surface area contributed by atoms with Gasteiger partial charge in [-0.2, -0.15) is 0 Å². The Morgan fingerprint density at radius 3 is 2.20 bits per heavy atom. The molecule has 0 amide bonds. The molecule has 0 fully saturated rings. The van der Waals surface area contributed by atoms with E-state index in [0.29, 0.717) is 0 Å². The van der Waals surface area contributed by atoms with E-state index in [-0.39, 0.29) is 6.61 Å². The summed E-state index contributed by atoms with van der Waals surface area (Å²) >= 11 is 0. The maximum Gasteiger partial charge on any atom is 0.383 e. The van der Waals surface area contributed by atoms with Crippen molar-refractivity contribution in [3.8, 4) is 11.5 Å². The molecular weight excluding hydrogens is 284 g/mol. The van der Waals surface area contributed by atoms with Crippen LogP contribution in [0.5, 0.6) is 0 Å². The first kappa shape index (κ1) is 18.0. The van der Waals surface area contributed by atoms with Crippen molar-refractivity contribution in [2.75, 3.05) is 13.2 Å². The molecule has 0 N–H and O–H groups in total. The van der Waals surface area contributed by atoms with E-state index in [1.54, 1.807) is 0 Å². The summed E-state index contributed by atoms with van der Waals surface area (Å²) in [7, 11) is -1.86. The van der Waals surface area contributed by atoms with Crippen LogP contribution in [-0.2, 0) is 9.53 Å². The van der Waals surface area contributed by atoms with Gasteiger partial charge >= 0.3 is 12.0 Å². The molecule has 0 heterocycles. The number of carbonyl (C=O) groups excluding carboxylic acids is 1. The van der Waals surface area contributed by atoms with E-state index < -0.39 is 42.4 Å². The van der Waals surface area contributed by atoms with E-state index in [1.807, 2.05) is 19.6 Å². The fourth-order valence-corrected chi connectivity index (χ4v) is 1.94. The van der Waals surface area contributed by atoms with Gasteiger partial charge in [0.2, 0.25) is 6.54 Å². The summed E-state index contributed by atoms with van der Waals surface area (Å²) in [5, 5.41) is 21.6. The number of rotatable bonds is 6. The summed E-state index contributed by atoms with van der Waals surface area (Å²) in [4.78, 5) is 31.6. The van der Waals surface area contributed by atoms with Crippen LogP contribution >= 0.6 is 0 Å². The molecule has 0 bridgehead atoms. The van der Waals surface area contributed by atoms with Crippen molar-refractivity contribution in [3.63, 3.8) is 0 Å². The fraction of sp³-hybridized carbons (Fsp3) is 0.727. The molecule has 2 unspecified atom stereocenters. The Kier molecular flexibility index (Phi) is 6.85. The molecule has 2 atom stereocenters. The van der Waals surface area contributed by atoms with Crippen LogP contribution < -0.4 is 0 Å². The Balaban J connectivity index is 5.42. The summed E-state index contributed by atoms with van der Waals surface area (Å²) in [6, 6.07) is -1.83. The largest absolute Gasteiger partial charge is 0.461 e. The third-order valence-electron chi connectivity index (χ3n) is 2.11. The maximum atomic E-state index is 11.6. The first-order valence-electron chi connectivity index (χ1n) is 6.03. The molecule has 0 saturated heterocycles. The number of nitrogens with zero attached hydrogens (tertiary/aromatic N) is 2. The normalized spacial score (nSPS) is 13.6. The molecule has 0 aliphatic heterocycles. The minimum absolute atomic E-state index is 0.0319. The quantitative estimate of drug-likeness (QED) is 0.237. The lowest BCUT2D eigenvalue weighted by Crippen LogP contribution is -2.41. The Hall–Kier alpha value is -1.95. The lowest BCUT2D eigenvalue weighted by molar-refractivity contribution is -0.540. The van der Waals surface area contributed by atoms with Crippen LogP contribution in [0.4, 0.5) is 0 Å². The summed E-state index contributed by atoms with van der Waals surface area (Å²) in [6.45, 7) is 6.40. The molecule has 0 aromatic rings. The average Bonchev–Trinajstić information content (AvgIpc) is 2.24. The second kappa shape index (κ2) is 7.59. The number of nitro groups is 2. The van der Waals surface area contributed by atoms with Crippen LogP contribution in [-0.4, -0.2) is 43.1 Å². The van der Waals surface area contributed by atoms with E-state index in [0.717, 1.165) is 0 Å². The standard InChI is InChI=1S/C11H18N2O6Si/c1-5-19-11(14)10(13(17)18)9(8-12(15)16)6-7-20(2,3)4/h9-10H,5,8H2,1-4H3. The molecule has 0 saturated carbocycles. The predicted octanol–water partition coefficient (Wildman–Crippen LogP) is 0.969. The predicted molar refractivity (Wildman–Crippen MR) is 73.9 cm³/mol. The van der Waals surface area contributed by atoms with Crippen molar-refractivity contribution in [1.82, 2.24) is 0 Å². The highest BCUT2D eigenvalue weighted by atomic mass is 28.3. The molecule has 0 aliphatic rings. The van der Waals surface area contributed by atoms with E-state index in [1.165, 1.54) is 6.92 Å². The second-order valence-electron chi connectivity index (χ2n) is 5.12. The van der Waals surface area contributed by atoms with Crippen LogP contribution in [0.15, 0.2) is 0 Å². The van der Waals surface area contributed by atoms with Gasteiger partial charge < -0.3 is 4.74 Å². The Morgan fingerprint density at radius 2 is 1.85 bits per heavy atom. The lowest BCUT2D eigenvalue weighted by atomic mass is 10.0. The molecule has 0 aromatic carbocycles. The molecule has 0 radical (unpaired) electrons. The smallest absolute Gasteiger partial charge is 0.383 e. The molecule has 8 nitrogen and oxygen atoms in total. The molecule has 0 spiro atoms. The molecular formula is C11H18N2O6Si. The average molecular weight is 302 g/mol. The highest BCUT2D eigenvalue weighted by Gasteiger charge is 2.42. The van der Waals surface area contributed by atoms with Gasteiger partial charge in [0.05, 0.1) is 6.61 Å². The van der Waals surface area contributed by atoms with Gasteiger partial charge in [-0.15, -0.1) is 5.54 Å². The summed E-state index contributed by atoms with van der Waals surface area (Å²) in [5.41, 5.74) is 2.83. The van der Waals surface area contributed by atoms with Crippen molar-refractivity contribution in [3.05, 3.63) is 20.2 Å². The van der Waals surface area contributed by atoms with Crippen LogP contribution in [0.25, 0.3) is 0 Å². The third kappa shape index (κ3) is 6.84. The molecule has 20 heavy (non-hydrogen) atoms. The molecule has 9 heteroatoms. The number of esters is 1. The second-order valence-corrected chi connectivity index (χ2v) is 9.87. The fourth-order valence-electron chi connectivity index (χ4n) is 1.32. The Labute approximate surface area is 117 Å². The van der Waals surface area contributed by atoms with Crippen molar-refractivity contribution in [2.45, 2.75) is 32.6 Å². The summed E-state index contributed by atoms with van der Waals surface area (Å²) in [5.74, 6) is 0.164. The first-order chi connectivity index (χ1) is 9.08. The lowest BCUT2D eigenvalue weighted by Gasteiger charge is -2.13. The molecule has 0 aromatic heterocycles. The molecule has 112 valence electrons. The van der Waals surface area contributed by atoms with Gasteiger partial charge in [0, 0.05) is 9.85 Å². The number of hydrogen-bond acceptors (Lipinski definition) is 6. The van der Waals surface area contributed by atoms with Gasteiger partial charge in [-0.25, -0.2) is 4.79 Å². The maximum absolute atomic E-state index is 11.6. The zero-order chi connectivity index (χ0) is 15.9. The number of hydrogen-bond donors (Lipinski definition) is 0. The Morgan fingerprint density at radius 1 is 1.30 bits per heavy atom. The topological polar surface area (TPSA) is 113 Å². The summed E-state index contributed by atoms with van der Waals surface area (Å²) in [6.07, 6.45) is 0. The van der Waals surface area contributed by atoms with Crippen LogP contribution in [0.2, 0.25) is 19.6 Å². The number of ether oxygens (including phenoxy) is 1. The SMILES string of the molecule is CCOC(=O)C(C(C#C[Si](C)(C)C)C[N+](=O)[O-])[N+](=O)[O-]. The third-order valence-corrected chi connectivity index (χ3v) is 3.01. The summed E-state index contributed by atoms with van der Waals surface area (Å²) < 4.78 is 4.60. The minimum Gasteiger partial charge on any atom is -0.461 e. The van der Waals surface area contributed by atoms with Crippen molar-refractivity contribution in [2.24, 2.45) is 5.92 Å². The Bertz CT molecular complexity index is 448. The van der Waals surface area contributed by atoms with Crippen LogP contribution in [0.1, 0.15) is 6.92 Å². The van der Waals surface area contributed by atoms with Crippen LogP contribution in [0.3, 0.4) is 0 Å². The van der Waals surface area contributed by atoms with Gasteiger partial charge in [-0.1, -0.05) is 25.6 Å². The molecule has 0 rings (SSSR count). The number of carbonyl (C=O) groups is 1. The van der Waals surface area contributed by atoms with E-state index in [2.05, 4.69) is 16.2 Å². The zero-order valence-electron chi connectivity index (χ0n) is 11.9. The van der Waals surface area contributed by atoms with E-state index >= 15 is 0 Å². The highest BCUT2D eigenvalue weighted by Crippen LogP contribution is 2.11. The van der Waals surface area contributed by atoms with E-state index in [9.17, 15) is 25.0 Å². The van der Waals surface area contributed by atoms with Crippen molar-refractivity contribution < 1.29 is 19.4 Å². The van der Waals surface area contributed by atoms with Gasteiger partial charge in [-0.3, -0.25) is 20.2 Å².